The molecule has 0 aromatic heterocycles. The molecular weight excluding hydrogens is 243 g/mol. The minimum atomic E-state index is -0.356. The molecule has 0 aliphatic carbocycles. The molecule has 0 bridgehead atoms. The molecule has 2 aromatic rings. The molecule has 2 rings (SSSR count). The Balaban J connectivity index is 1.88. The number of anilines is 1. The zero-order valence-electron chi connectivity index (χ0n) is 10.4. The van der Waals surface area contributed by atoms with E-state index < -0.39 is 0 Å². The highest BCUT2D eigenvalue weighted by Gasteiger charge is 2.07. The molecule has 0 radical (unpaired) electrons. The molecule has 0 saturated carbocycles. The number of amides is 1. The molecule has 0 atom stereocenters. The van der Waals surface area contributed by atoms with Gasteiger partial charge in [-0.3, -0.25) is 4.79 Å². The molecular formula is C15H15FN2O. The van der Waals surface area contributed by atoms with Gasteiger partial charge in [-0.1, -0.05) is 30.3 Å². The number of carbonyl (C=O) groups is 1. The lowest BCUT2D eigenvalue weighted by atomic mass is 10.1. The summed E-state index contributed by atoms with van der Waals surface area (Å²) in [5.74, 6) is -0.563. The molecule has 0 spiro atoms. The number of nitrogens with one attached hydrogen (secondary N) is 1. The second kappa shape index (κ2) is 6.00. The Morgan fingerprint density at radius 1 is 1.11 bits per heavy atom. The quantitative estimate of drug-likeness (QED) is 0.826. The lowest BCUT2D eigenvalue weighted by molar-refractivity contribution is -0.120. The summed E-state index contributed by atoms with van der Waals surface area (Å²) in [4.78, 5) is 11.7. The van der Waals surface area contributed by atoms with Crippen LogP contribution in [0.2, 0.25) is 0 Å². The van der Waals surface area contributed by atoms with Gasteiger partial charge in [0, 0.05) is 12.2 Å². The molecule has 0 unspecified atom stereocenters. The predicted molar refractivity (Wildman–Crippen MR) is 72.8 cm³/mol. The normalized spacial score (nSPS) is 10.2. The summed E-state index contributed by atoms with van der Waals surface area (Å²) in [6.45, 7) is 0.410. The first-order valence-electron chi connectivity index (χ1n) is 5.99. The second-order valence-electron chi connectivity index (χ2n) is 4.29. The van der Waals surface area contributed by atoms with Gasteiger partial charge in [-0.2, -0.15) is 0 Å². The van der Waals surface area contributed by atoms with Gasteiger partial charge in [0.2, 0.25) is 5.91 Å². The highest BCUT2D eigenvalue weighted by atomic mass is 19.1. The van der Waals surface area contributed by atoms with Crippen LogP contribution in [0.25, 0.3) is 0 Å². The molecule has 3 N–H and O–H groups in total. The van der Waals surface area contributed by atoms with Gasteiger partial charge in [0.1, 0.15) is 5.82 Å². The first kappa shape index (κ1) is 13.1. The molecule has 0 saturated heterocycles. The van der Waals surface area contributed by atoms with Crippen molar-refractivity contribution < 1.29 is 9.18 Å². The van der Waals surface area contributed by atoms with E-state index in [1.54, 1.807) is 30.3 Å². The number of hydrogen-bond donors (Lipinski definition) is 2. The van der Waals surface area contributed by atoms with Crippen LogP contribution in [0.3, 0.4) is 0 Å². The van der Waals surface area contributed by atoms with E-state index >= 15 is 0 Å². The Hall–Kier alpha value is -2.36. The zero-order valence-corrected chi connectivity index (χ0v) is 10.4. The average molecular weight is 258 g/mol. The van der Waals surface area contributed by atoms with E-state index in [2.05, 4.69) is 5.32 Å². The molecule has 3 nitrogen and oxygen atoms in total. The third-order valence-electron chi connectivity index (χ3n) is 2.78. The van der Waals surface area contributed by atoms with E-state index in [0.29, 0.717) is 17.8 Å². The van der Waals surface area contributed by atoms with Crippen LogP contribution < -0.4 is 11.1 Å². The van der Waals surface area contributed by atoms with Gasteiger partial charge in [0.25, 0.3) is 0 Å². The maximum Gasteiger partial charge on any atom is 0.224 e. The second-order valence-corrected chi connectivity index (χ2v) is 4.29. The van der Waals surface area contributed by atoms with Crippen molar-refractivity contribution in [3.8, 4) is 0 Å². The fourth-order valence-corrected chi connectivity index (χ4v) is 1.71. The maximum absolute atomic E-state index is 13.4. The predicted octanol–water partition coefficient (Wildman–Crippen LogP) is 2.27. The van der Waals surface area contributed by atoms with Gasteiger partial charge in [-0.25, -0.2) is 4.39 Å². The van der Waals surface area contributed by atoms with Gasteiger partial charge in [0.05, 0.1) is 6.42 Å². The minimum Gasteiger partial charge on any atom is -0.399 e. The number of halogens is 1. The van der Waals surface area contributed by atoms with Crippen molar-refractivity contribution in [1.82, 2.24) is 5.32 Å². The van der Waals surface area contributed by atoms with Gasteiger partial charge in [0.15, 0.2) is 0 Å². The SMILES string of the molecule is Nc1ccc(CNC(=O)Cc2ccccc2F)cc1. The lowest BCUT2D eigenvalue weighted by Gasteiger charge is -2.06. The summed E-state index contributed by atoms with van der Waals surface area (Å²) >= 11 is 0. The zero-order chi connectivity index (χ0) is 13.7. The van der Waals surface area contributed by atoms with E-state index in [9.17, 15) is 9.18 Å². The van der Waals surface area contributed by atoms with E-state index in [4.69, 9.17) is 5.73 Å². The summed E-state index contributed by atoms with van der Waals surface area (Å²) in [5.41, 5.74) is 7.61. The lowest BCUT2D eigenvalue weighted by Crippen LogP contribution is -2.24. The molecule has 19 heavy (non-hydrogen) atoms. The van der Waals surface area contributed by atoms with Crippen LogP contribution in [0, 0.1) is 5.82 Å². The molecule has 0 heterocycles. The monoisotopic (exact) mass is 258 g/mol. The Morgan fingerprint density at radius 2 is 1.79 bits per heavy atom. The van der Waals surface area contributed by atoms with Crippen LogP contribution in [-0.4, -0.2) is 5.91 Å². The van der Waals surface area contributed by atoms with Crippen LogP contribution in [0.15, 0.2) is 48.5 Å². The summed E-state index contributed by atoms with van der Waals surface area (Å²) < 4.78 is 13.4. The maximum atomic E-state index is 13.4. The molecule has 2 aromatic carbocycles. The molecule has 0 aliphatic heterocycles. The third kappa shape index (κ3) is 3.81. The Morgan fingerprint density at radius 3 is 2.47 bits per heavy atom. The smallest absolute Gasteiger partial charge is 0.224 e. The number of nitrogen functional groups attached to an aromatic ring is 1. The molecule has 1 amide bonds. The molecule has 0 fully saturated rings. The third-order valence-corrected chi connectivity index (χ3v) is 2.78. The number of rotatable bonds is 4. The van der Waals surface area contributed by atoms with Gasteiger partial charge in [-0.05, 0) is 29.3 Å². The Kier molecular flexibility index (Phi) is 4.13. The van der Waals surface area contributed by atoms with Crippen LogP contribution in [0.4, 0.5) is 10.1 Å². The van der Waals surface area contributed by atoms with Crippen molar-refractivity contribution in [2.45, 2.75) is 13.0 Å². The average Bonchev–Trinajstić information content (AvgIpc) is 2.41. The van der Waals surface area contributed by atoms with Crippen molar-refractivity contribution in [2.75, 3.05) is 5.73 Å². The highest BCUT2D eigenvalue weighted by molar-refractivity contribution is 5.78. The van der Waals surface area contributed by atoms with Crippen molar-refractivity contribution in [1.29, 1.82) is 0 Å². The van der Waals surface area contributed by atoms with Crippen LogP contribution in [0.1, 0.15) is 11.1 Å². The summed E-state index contributed by atoms with van der Waals surface area (Å²) in [7, 11) is 0. The first-order chi connectivity index (χ1) is 9.15. The minimum absolute atomic E-state index is 0.0433. The Bertz CT molecular complexity index is 567. The standard InChI is InChI=1S/C15H15FN2O/c16-14-4-2-1-3-12(14)9-15(19)18-10-11-5-7-13(17)8-6-11/h1-8H,9-10,17H2,(H,18,19). The van der Waals surface area contributed by atoms with E-state index in [1.165, 1.54) is 6.07 Å². The topological polar surface area (TPSA) is 55.1 Å². The number of nitrogens with two attached hydrogens (primary N) is 1. The van der Waals surface area contributed by atoms with E-state index in [1.807, 2.05) is 12.1 Å². The van der Waals surface area contributed by atoms with E-state index in [-0.39, 0.29) is 18.1 Å². The summed E-state index contributed by atoms with van der Waals surface area (Å²) in [5, 5.41) is 2.75. The van der Waals surface area contributed by atoms with Gasteiger partial charge in [-0.15, -0.1) is 0 Å². The Labute approximate surface area is 111 Å². The number of hydrogen-bond acceptors (Lipinski definition) is 2. The largest absolute Gasteiger partial charge is 0.399 e. The first-order valence-corrected chi connectivity index (χ1v) is 5.99. The number of benzene rings is 2. The summed E-state index contributed by atoms with van der Waals surface area (Å²) in [6, 6.07) is 13.5. The molecule has 98 valence electrons. The summed E-state index contributed by atoms with van der Waals surface area (Å²) in [6.07, 6.45) is 0.0433. The molecule has 4 heteroatoms. The molecule has 0 aliphatic rings. The van der Waals surface area contributed by atoms with Crippen molar-refractivity contribution in [3.05, 3.63) is 65.5 Å². The number of carbonyl (C=O) groups excluding carboxylic acids is 1. The van der Waals surface area contributed by atoms with E-state index in [0.717, 1.165) is 5.56 Å². The van der Waals surface area contributed by atoms with Crippen molar-refractivity contribution >= 4 is 11.6 Å². The fraction of sp³-hybridized carbons (Fsp3) is 0.133. The van der Waals surface area contributed by atoms with Gasteiger partial charge >= 0.3 is 0 Å². The van der Waals surface area contributed by atoms with Gasteiger partial charge < -0.3 is 11.1 Å². The van der Waals surface area contributed by atoms with Crippen molar-refractivity contribution in [3.63, 3.8) is 0 Å². The van der Waals surface area contributed by atoms with Crippen molar-refractivity contribution in [2.24, 2.45) is 0 Å². The highest BCUT2D eigenvalue weighted by Crippen LogP contribution is 2.08. The van der Waals surface area contributed by atoms with Crippen LogP contribution in [-0.2, 0) is 17.8 Å². The van der Waals surface area contributed by atoms with Crippen LogP contribution >= 0.6 is 0 Å². The van der Waals surface area contributed by atoms with Crippen LogP contribution in [0.5, 0.6) is 0 Å². The fourth-order valence-electron chi connectivity index (χ4n) is 1.71.